The van der Waals surface area contributed by atoms with Gasteiger partial charge in [-0.25, -0.2) is 4.79 Å². The summed E-state index contributed by atoms with van der Waals surface area (Å²) >= 11 is 4.04. The Morgan fingerprint density at radius 1 is 1.29 bits per heavy atom. The van der Waals surface area contributed by atoms with E-state index in [0.717, 1.165) is 16.7 Å². The highest BCUT2D eigenvalue weighted by Gasteiger charge is 2.05. The van der Waals surface area contributed by atoms with Crippen LogP contribution in [0.4, 0.5) is 11.5 Å². The van der Waals surface area contributed by atoms with Crippen LogP contribution in [-0.4, -0.2) is 15.3 Å². The maximum atomic E-state index is 11.9. The Bertz CT molecular complexity index is 718. The second-order valence-electron chi connectivity index (χ2n) is 4.82. The number of benzene rings is 1. The number of aromatic amines is 1. The van der Waals surface area contributed by atoms with Crippen LogP contribution in [-0.2, 0) is 13.0 Å². The fraction of sp³-hybridized carbons (Fsp3) is 0.333. The van der Waals surface area contributed by atoms with Gasteiger partial charge in [0.05, 0.1) is 0 Å². The van der Waals surface area contributed by atoms with Crippen LogP contribution >= 0.6 is 12.6 Å². The Labute approximate surface area is 128 Å². The fourth-order valence-electron chi connectivity index (χ4n) is 2.18. The van der Waals surface area contributed by atoms with Gasteiger partial charge in [0.25, 0.3) is 5.56 Å². The zero-order valence-electron chi connectivity index (χ0n) is 12.1. The Morgan fingerprint density at radius 3 is 2.67 bits per heavy atom. The highest BCUT2D eigenvalue weighted by atomic mass is 32.1. The van der Waals surface area contributed by atoms with Gasteiger partial charge in [-0.1, -0.05) is 13.0 Å². The second kappa shape index (κ2) is 6.67. The molecule has 0 radical (unpaired) electrons. The van der Waals surface area contributed by atoms with E-state index < -0.39 is 5.69 Å². The highest BCUT2D eigenvalue weighted by molar-refractivity contribution is 7.80. The average Bonchev–Trinajstić information content (AvgIpc) is 2.45. The molecule has 0 aliphatic rings. The Balaban J connectivity index is 2.32. The number of anilines is 2. The normalized spacial score (nSPS) is 10.6. The number of hydrogen-bond donors (Lipinski definition) is 3. The lowest BCUT2D eigenvalue weighted by Gasteiger charge is -2.10. The van der Waals surface area contributed by atoms with Crippen molar-refractivity contribution in [1.29, 1.82) is 0 Å². The predicted octanol–water partition coefficient (Wildman–Crippen LogP) is 2.08. The van der Waals surface area contributed by atoms with Crippen LogP contribution in [0, 0.1) is 6.92 Å². The SMILES string of the molecule is CCc1cc(Nc2cc(=O)n(CCS)c(=O)[nH]2)ccc1C. The zero-order chi connectivity index (χ0) is 15.4. The van der Waals surface area contributed by atoms with Crippen molar-refractivity contribution in [2.75, 3.05) is 11.1 Å². The lowest BCUT2D eigenvalue weighted by Crippen LogP contribution is -2.35. The maximum Gasteiger partial charge on any atom is 0.329 e. The molecular formula is C15H19N3O2S. The molecule has 112 valence electrons. The van der Waals surface area contributed by atoms with E-state index in [1.54, 1.807) is 0 Å². The van der Waals surface area contributed by atoms with Crippen molar-refractivity contribution in [3.05, 3.63) is 56.2 Å². The summed E-state index contributed by atoms with van der Waals surface area (Å²) in [5.74, 6) is 0.833. The third-order valence-corrected chi connectivity index (χ3v) is 3.55. The zero-order valence-corrected chi connectivity index (χ0v) is 13.0. The summed E-state index contributed by atoms with van der Waals surface area (Å²) in [5, 5.41) is 3.07. The van der Waals surface area contributed by atoms with E-state index in [9.17, 15) is 9.59 Å². The Hall–Kier alpha value is -1.95. The number of H-pyrrole nitrogens is 1. The molecule has 0 fully saturated rings. The topological polar surface area (TPSA) is 66.9 Å². The van der Waals surface area contributed by atoms with E-state index in [0.29, 0.717) is 18.1 Å². The maximum absolute atomic E-state index is 11.9. The minimum atomic E-state index is -0.429. The van der Waals surface area contributed by atoms with Crippen LogP contribution in [0.2, 0.25) is 0 Å². The summed E-state index contributed by atoms with van der Waals surface area (Å²) < 4.78 is 1.13. The highest BCUT2D eigenvalue weighted by Crippen LogP contribution is 2.18. The van der Waals surface area contributed by atoms with E-state index in [-0.39, 0.29) is 5.56 Å². The minimum absolute atomic E-state index is 0.294. The Morgan fingerprint density at radius 2 is 2.05 bits per heavy atom. The molecule has 2 rings (SSSR count). The van der Waals surface area contributed by atoms with Crippen LogP contribution < -0.4 is 16.6 Å². The summed E-state index contributed by atoms with van der Waals surface area (Å²) in [6.45, 7) is 4.44. The van der Waals surface area contributed by atoms with Crippen molar-refractivity contribution < 1.29 is 0 Å². The minimum Gasteiger partial charge on any atom is -0.342 e. The fourth-order valence-corrected chi connectivity index (χ4v) is 2.38. The Kier molecular flexibility index (Phi) is 4.90. The first-order valence-corrected chi connectivity index (χ1v) is 7.50. The first-order valence-electron chi connectivity index (χ1n) is 6.86. The summed E-state index contributed by atoms with van der Waals surface area (Å²) in [7, 11) is 0. The van der Waals surface area contributed by atoms with Gasteiger partial charge < -0.3 is 5.32 Å². The number of rotatable bonds is 5. The second-order valence-corrected chi connectivity index (χ2v) is 5.27. The molecule has 1 aromatic carbocycles. The molecule has 5 nitrogen and oxygen atoms in total. The van der Waals surface area contributed by atoms with Gasteiger partial charge in [0.15, 0.2) is 0 Å². The van der Waals surface area contributed by atoms with Crippen molar-refractivity contribution >= 4 is 24.1 Å². The molecule has 1 heterocycles. The van der Waals surface area contributed by atoms with Crippen molar-refractivity contribution in [1.82, 2.24) is 9.55 Å². The van der Waals surface area contributed by atoms with E-state index in [4.69, 9.17) is 0 Å². The van der Waals surface area contributed by atoms with Gasteiger partial charge in [-0.15, -0.1) is 0 Å². The number of aromatic nitrogens is 2. The third-order valence-electron chi connectivity index (χ3n) is 3.35. The molecule has 0 amide bonds. The van der Waals surface area contributed by atoms with Crippen molar-refractivity contribution in [2.24, 2.45) is 0 Å². The third kappa shape index (κ3) is 3.58. The summed E-state index contributed by atoms with van der Waals surface area (Å²) in [6.07, 6.45) is 0.932. The van der Waals surface area contributed by atoms with Gasteiger partial charge in [-0.2, -0.15) is 12.6 Å². The first kappa shape index (κ1) is 15.4. The smallest absolute Gasteiger partial charge is 0.329 e. The molecule has 0 spiro atoms. The van der Waals surface area contributed by atoms with Crippen molar-refractivity contribution in [3.8, 4) is 0 Å². The lowest BCUT2D eigenvalue weighted by atomic mass is 10.1. The predicted molar refractivity (Wildman–Crippen MR) is 89.0 cm³/mol. The molecule has 6 heteroatoms. The van der Waals surface area contributed by atoms with Gasteiger partial charge in [0.2, 0.25) is 0 Å². The van der Waals surface area contributed by atoms with Crippen LogP contribution in [0.3, 0.4) is 0 Å². The quantitative estimate of drug-likeness (QED) is 0.741. The molecule has 2 aromatic rings. The summed E-state index contributed by atoms with van der Waals surface area (Å²) in [6, 6.07) is 7.34. The van der Waals surface area contributed by atoms with Gasteiger partial charge in [0.1, 0.15) is 5.82 Å². The van der Waals surface area contributed by atoms with Crippen LogP contribution in [0.25, 0.3) is 0 Å². The lowest BCUT2D eigenvalue weighted by molar-refractivity contribution is 0.682. The molecule has 0 aliphatic heterocycles. The molecule has 0 saturated heterocycles. The first-order chi connectivity index (χ1) is 10.0. The van der Waals surface area contributed by atoms with E-state index in [1.165, 1.54) is 17.2 Å². The molecule has 2 N–H and O–H groups in total. The number of thiol groups is 1. The van der Waals surface area contributed by atoms with Crippen LogP contribution in [0.1, 0.15) is 18.1 Å². The number of hydrogen-bond acceptors (Lipinski definition) is 4. The molecule has 0 unspecified atom stereocenters. The van der Waals surface area contributed by atoms with Crippen LogP contribution in [0.15, 0.2) is 33.9 Å². The molecule has 0 atom stereocenters. The van der Waals surface area contributed by atoms with Gasteiger partial charge in [-0.05, 0) is 36.6 Å². The number of nitrogens with one attached hydrogen (secondary N) is 2. The number of aryl methyl sites for hydroxylation is 2. The average molecular weight is 305 g/mol. The van der Waals surface area contributed by atoms with Crippen molar-refractivity contribution in [2.45, 2.75) is 26.8 Å². The monoisotopic (exact) mass is 305 g/mol. The standard InChI is InChI=1S/C15H19N3O2S/c1-3-11-8-12(5-4-10(11)2)16-13-9-14(19)18(6-7-21)15(20)17-13/h4-5,8-9,16,21H,3,6-7H2,1-2H3,(H,17,20). The largest absolute Gasteiger partial charge is 0.342 e. The van der Waals surface area contributed by atoms with E-state index >= 15 is 0 Å². The molecular weight excluding hydrogens is 286 g/mol. The van der Waals surface area contributed by atoms with Gasteiger partial charge >= 0.3 is 5.69 Å². The van der Waals surface area contributed by atoms with Gasteiger partial charge in [-0.3, -0.25) is 14.3 Å². The summed E-state index contributed by atoms with van der Waals surface area (Å²) in [4.78, 5) is 26.4. The van der Waals surface area contributed by atoms with Gasteiger partial charge in [0, 0.05) is 24.1 Å². The van der Waals surface area contributed by atoms with Crippen LogP contribution in [0.5, 0.6) is 0 Å². The summed E-state index contributed by atoms with van der Waals surface area (Å²) in [5.41, 5.74) is 2.53. The molecule has 21 heavy (non-hydrogen) atoms. The molecule has 0 saturated carbocycles. The molecule has 1 aromatic heterocycles. The molecule has 0 aliphatic carbocycles. The van der Waals surface area contributed by atoms with E-state index in [1.807, 2.05) is 18.2 Å². The molecule has 0 bridgehead atoms. The van der Waals surface area contributed by atoms with E-state index in [2.05, 4.69) is 36.8 Å². The number of nitrogens with zero attached hydrogens (tertiary/aromatic N) is 1. The van der Waals surface area contributed by atoms with Crippen molar-refractivity contribution in [3.63, 3.8) is 0 Å².